The molecule has 0 aliphatic carbocycles. The van der Waals surface area contributed by atoms with E-state index in [1.807, 2.05) is 43.5 Å². The van der Waals surface area contributed by atoms with Gasteiger partial charge in [-0.15, -0.1) is 23.1 Å². The van der Waals surface area contributed by atoms with Gasteiger partial charge in [-0.05, 0) is 38.0 Å². The summed E-state index contributed by atoms with van der Waals surface area (Å²) >= 11 is 9.20. The minimum absolute atomic E-state index is 0.0616. The van der Waals surface area contributed by atoms with Crippen molar-refractivity contribution in [1.82, 2.24) is 10.3 Å². The molecule has 0 fully saturated rings. The number of aryl methyl sites for hydroxylation is 1. The molecule has 1 N–H and O–H groups in total. The molecule has 3 nitrogen and oxygen atoms in total. The highest BCUT2D eigenvalue weighted by Crippen LogP contribution is 2.15. The SMILES string of the molecule is Cc1nc(CSCC(=O)N[C@@H](C)Cc2cccc(Cl)c2)cs1. The van der Waals surface area contributed by atoms with Crippen molar-refractivity contribution in [2.24, 2.45) is 0 Å². The van der Waals surface area contributed by atoms with Gasteiger partial charge in [0.05, 0.1) is 16.5 Å². The molecule has 6 heteroatoms. The number of rotatable bonds is 7. The van der Waals surface area contributed by atoms with Crippen molar-refractivity contribution >= 4 is 40.6 Å². The van der Waals surface area contributed by atoms with Gasteiger partial charge in [0.25, 0.3) is 0 Å². The van der Waals surface area contributed by atoms with Gasteiger partial charge in [-0.25, -0.2) is 4.98 Å². The van der Waals surface area contributed by atoms with Gasteiger partial charge in [-0.2, -0.15) is 0 Å². The van der Waals surface area contributed by atoms with Gasteiger partial charge in [0.15, 0.2) is 0 Å². The number of halogens is 1. The first-order valence-electron chi connectivity index (χ1n) is 7.05. The molecular weight excluding hydrogens is 336 g/mol. The van der Waals surface area contributed by atoms with E-state index in [2.05, 4.69) is 10.3 Å². The first-order valence-corrected chi connectivity index (χ1v) is 9.46. The van der Waals surface area contributed by atoms with Crippen molar-refractivity contribution in [2.75, 3.05) is 5.75 Å². The Morgan fingerprint density at radius 3 is 3.00 bits per heavy atom. The third-order valence-electron chi connectivity index (χ3n) is 2.99. The van der Waals surface area contributed by atoms with Crippen LogP contribution in [0.15, 0.2) is 29.6 Å². The van der Waals surface area contributed by atoms with E-state index in [1.165, 1.54) is 0 Å². The minimum Gasteiger partial charge on any atom is -0.353 e. The molecule has 0 bridgehead atoms. The number of nitrogens with one attached hydrogen (secondary N) is 1. The second kappa shape index (κ2) is 8.56. The van der Waals surface area contributed by atoms with Crippen LogP contribution in [0.25, 0.3) is 0 Å². The zero-order valence-corrected chi connectivity index (χ0v) is 15.0. The van der Waals surface area contributed by atoms with Crippen LogP contribution in [0.5, 0.6) is 0 Å². The molecule has 0 saturated carbocycles. The molecule has 1 aromatic heterocycles. The van der Waals surface area contributed by atoms with E-state index in [0.717, 1.165) is 33.5 Å². The first kappa shape index (κ1) is 17.3. The largest absolute Gasteiger partial charge is 0.353 e. The fourth-order valence-electron chi connectivity index (χ4n) is 2.11. The second-order valence-corrected chi connectivity index (χ2v) is 7.64. The maximum absolute atomic E-state index is 11.9. The number of benzene rings is 1. The fraction of sp³-hybridized carbons (Fsp3) is 0.375. The van der Waals surface area contributed by atoms with Crippen LogP contribution in [0.2, 0.25) is 5.02 Å². The quantitative estimate of drug-likeness (QED) is 0.814. The summed E-state index contributed by atoms with van der Waals surface area (Å²) in [5.74, 6) is 1.29. The molecule has 0 spiro atoms. The van der Waals surface area contributed by atoms with E-state index >= 15 is 0 Å². The van der Waals surface area contributed by atoms with Crippen LogP contribution in [0.3, 0.4) is 0 Å². The summed E-state index contributed by atoms with van der Waals surface area (Å²) in [7, 11) is 0. The Kier molecular flexibility index (Phi) is 6.73. The van der Waals surface area contributed by atoms with Crippen molar-refractivity contribution in [3.8, 4) is 0 Å². The van der Waals surface area contributed by atoms with Crippen molar-refractivity contribution < 1.29 is 4.79 Å². The van der Waals surface area contributed by atoms with Crippen molar-refractivity contribution in [3.05, 3.63) is 50.9 Å². The summed E-state index contributed by atoms with van der Waals surface area (Å²) in [5, 5.41) is 6.85. The number of hydrogen-bond acceptors (Lipinski definition) is 4. The number of carbonyl (C=O) groups is 1. The number of thioether (sulfide) groups is 1. The minimum atomic E-state index is 0.0616. The second-order valence-electron chi connectivity index (χ2n) is 5.15. The highest BCUT2D eigenvalue weighted by Gasteiger charge is 2.09. The number of thiazole rings is 1. The van der Waals surface area contributed by atoms with Crippen LogP contribution < -0.4 is 5.32 Å². The lowest BCUT2D eigenvalue weighted by Crippen LogP contribution is -2.35. The van der Waals surface area contributed by atoms with Gasteiger partial charge in [0.1, 0.15) is 0 Å². The van der Waals surface area contributed by atoms with E-state index in [9.17, 15) is 4.79 Å². The van der Waals surface area contributed by atoms with Gasteiger partial charge >= 0.3 is 0 Å². The van der Waals surface area contributed by atoms with E-state index < -0.39 is 0 Å². The van der Waals surface area contributed by atoms with Gasteiger partial charge in [-0.1, -0.05) is 23.7 Å². The molecule has 1 heterocycles. The Labute approximate surface area is 144 Å². The van der Waals surface area contributed by atoms with Crippen LogP contribution in [-0.2, 0) is 17.0 Å². The van der Waals surface area contributed by atoms with Crippen molar-refractivity contribution in [3.63, 3.8) is 0 Å². The molecule has 22 heavy (non-hydrogen) atoms. The third kappa shape index (κ3) is 5.99. The smallest absolute Gasteiger partial charge is 0.230 e. The molecule has 1 amide bonds. The van der Waals surface area contributed by atoms with Gasteiger partial charge in [-0.3, -0.25) is 4.79 Å². The first-order chi connectivity index (χ1) is 10.5. The van der Waals surface area contributed by atoms with E-state index in [1.54, 1.807) is 23.1 Å². The normalized spacial score (nSPS) is 12.1. The van der Waals surface area contributed by atoms with E-state index in [-0.39, 0.29) is 11.9 Å². The summed E-state index contributed by atoms with van der Waals surface area (Å²) in [6.07, 6.45) is 0.780. The number of hydrogen-bond donors (Lipinski definition) is 1. The number of nitrogens with zero attached hydrogens (tertiary/aromatic N) is 1. The molecule has 2 rings (SSSR count). The monoisotopic (exact) mass is 354 g/mol. The maximum atomic E-state index is 11.9. The third-order valence-corrected chi connectivity index (χ3v) is 5.01. The summed E-state index contributed by atoms with van der Waals surface area (Å²) in [6, 6.07) is 7.83. The maximum Gasteiger partial charge on any atom is 0.230 e. The Morgan fingerprint density at radius 2 is 2.32 bits per heavy atom. The number of carbonyl (C=O) groups excluding carboxylic acids is 1. The lowest BCUT2D eigenvalue weighted by atomic mass is 10.1. The molecule has 0 aliphatic heterocycles. The Hall–Kier alpha value is -1.04. The Balaban J connectivity index is 1.69. The Bertz CT molecular complexity index is 630. The molecule has 0 aliphatic rings. The molecule has 0 radical (unpaired) electrons. The fourth-order valence-corrected chi connectivity index (χ4v) is 3.77. The van der Waals surface area contributed by atoms with Crippen LogP contribution in [0.4, 0.5) is 0 Å². The van der Waals surface area contributed by atoms with E-state index in [0.29, 0.717) is 5.75 Å². The van der Waals surface area contributed by atoms with Crippen LogP contribution in [0.1, 0.15) is 23.2 Å². The molecule has 1 atom stereocenters. The molecule has 0 unspecified atom stereocenters. The zero-order valence-electron chi connectivity index (χ0n) is 12.6. The number of amides is 1. The average Bonchev–Trinajstić information content (AvgIpc) is 2.84. The van der Waals surface area contributed by atoms with Crippen molar-refractivity contribution in [2.45, 2.75) is 32.1 Å². The van der Waals surface area contributed by atoms with Gasteiger partial charge < -0.3 is 5.32 Å². The van der Waals surface area contributed by atoms with Gasteiger partial charge in [0.2, 0.25) is 5.91 Å². The summed E-state index contributed by atoms with van der Waals surface area (Å²) in [6.45, 7) is 4.00. The van der Waals surface area contributed by atoms with Gasteiger partial charge in [0, 0.05) is 22.2 Å². The standard InChI is InChI=1S/C16H19ClN2OS2/c1-11(6-13-4-3-5-14(17)7-13)18-16(20)10-21-8-15-9-22-12(2)19-15/h3-5,7,9,11H,6,8,10H2,1-2H3,(H,18,20)/t11-/m0/s1. The summed E-state index contributed by atoms with van der Waals surface area (Å²) in [4.78, 5) is 16.3. The van der Waals surface area contributed by atoms with Crippen molar-refractivity contribution in [1.29, 1.82) is 0 Å². The highest BCUT2D eigenvalue weighted by molar-refractivity contribution is 7.99. The molecule has 0 saturated heterocycles. The zero-order chi connectivity index (χ0) is 15.9. The average molecular weight is 355 g/mol. The topological polar surface area (TPSA) is 42.0 Å². The van der Waals surface area contributed by atoms with Crippen LogP contribution in [-0.4, -0.2) is 22.7 Å². The molecule has 2 aromatic rings. The predicted octanol–water partition coefficient (Wildman–Crippen LogP) is 4.09. The Morgan fingerprint density at radius 1 is 1.50 bits per heavy atom. The molecule has 118 valence electrons. The number of aromatic nitrogens is 1. The van der Waals surface area contributed by atoms with E-state index in [4.69, 9.17) is 11.6 Å². The van der Waals surface area contributed by atoms with Crippen LogP contribution >= 0.6 is 34.7 Å². The molecule has 1 aromatic carbocycles. The lowest BCUT2D eigenvalue weighted by Gasteiger charge is -2.14. The lowest BCUT2D eigenvalue weighted by molar-refractivity contribution is -0.119. The highest BCUT2D eigenvalue weighted by atomic mass is 35.5. The molecular formula is C16H19ClN2OS2. The predicted molar refractivity (Wildman–Crippen MR) is 95.8 cm³/mol. The summed E-state index contributed by atoms with van der Waals surface area (Å²) < 4.78 is 0. The summed E-state index contributed by atoms with van der Waals surface area (Å²) in [5.41, 5.74) is 2.18. The van der Waals surface area contributed by atoms with Crippen LogP contribution in [0, 0.1) is 6.92 Å².